The first-order valence-corrected chi connectivity index (χ1v) is 9.71. The smallest absolute Gasteiger partial charge is 0.359 e. The zero-order chi connectivity index (χ0) is 16.5. The van der Waals surface area contributed by atoms with E-state index in [1.165, 1.54) is 43.4 Å². The largest absolute Gasteiger partial charge is 0.372 e. The van der Waals surface area contributed by atoms with Gasteiger partial charge in [0.2, 0.25) is 5.82 Å². The van der Waals surface area contributed by atoms with Gasteiger partial charge in [-0.3, -0.25) is 4.90 Å². The molecule has 0 bridgehead atoms. The minimum Gasteiger partial charge on any atom is -0.359 e. The Hall–Kier alpha value is -1.67. The number of fused-ring (bicyclic) bond motifs is 1. The molecule has 0 spiro atoms. The van der Waals surface area contributed by atoms with Crippen LogP contribution in [0.2, 0.25) is 0 Å². The monoisotopic (exact) mass is 349 g/mol. The number of nitro groups is 1. The van der Waals surface area contributed by atoms with Gasteiger partial charge < -0.3 is 15.4 Å². The van der Waals surface area contributed by atoms with E-state index >= 15 is 0 Å². The molecule has 1 aliphatic carbocycles. The van der Waals surface area contributed by atoms with Crippen LogP contribution in [0.5, 0.6) is 0 Å². The summed E-state index contributed by atoms with van der Waals surface area (Å²) >= 11 is 1.42. The second-order valence-corrected chi connectivity index (χ2v) is 7.74. The lowest BCUT2D eigenvalue weighted by Crippen LogP contribution is -2.47. The van der Waals surface area contributed by atoms with E-state index in [9.17, 15) is 10.1 Å². The molecule has 0 aromatic carbocycles. The summed E-state index contributed by atoms with van der Waals surface area (Å²) < 4.78 is 1.56. The van der Waals surface area contributed by atoms with E-state index in [2.05, 4.69) is 15.2 Å². The predicted octanol–water partition coefficient (Wildman–Crippen LogP) is 3.51. The number of nitrogens with zero attached hydrogens (tertiary/aromatic N) is 4. The van der Waals surface area contributed by atoms with Crippen molar-refractivity contribution < 1.29 is 4.92 Å². The highest BCUT2D eigenvalue weighted by atomic mass is 32.1. The van der Waals surface area contributed by atoms with Crippen LogP contribution >= 0.6 is 11.3 Å². The molecule has 0 radical (unpaired) electrons. The van der Waals surface area contributed by atoms with E-state index in [0.717, 1.165) is 25.9 Å². The quantitative estimate of drug-likeness (QED) is 0.675. The average Bonchev–Trinajstić information content (AvgIpc) is 3.16. The maximum Gasteiger partial charge on any atom is 0.372 e. The zero-order valence-electron chi connectivity index (χ0n) is 13.7. The second kappa shape index (κ2) is 6.68. The molecular formula is C16H23N5O2S. The second-order valence-electron chi connectivity index (χ2n) is 6.87. The predicted molar refractivity (Wildman–Crippen MR) is 94.8 cm³/mol. The van der Waals surface area contributed by atoms with Crippen LogP contribution in [0.25, 0.3) is 4.96 Å². The van der Waals surface area contributed by atoms with Crippen molar-refractivity contribution in [3.05, 3.63) is 21.7 Å². The molecule has 3 heterocycles. The molecule has 7 nitrogen and oxygen atoms in total. The van der Waals surface area contributed by atoms with Gasteiger partial charge in [-0.05, 0) is 37.2 Å². The lowest BCUT2D eigenvalue weighted by atomic mass is 9.92. The summed E-state index contributed by atoms with van der Waals surface area (Å²) in [6.45, 7) is 2.12. The lowest BCUT2D eigenvalue weighted by Gasteiger charge is -2.40. The molecule has 2 aromatic rings. The molecule has 8 heteroatoms. The molecule has 130 valence electrons. The number of anilines is 1. The van der Waals surface area contributed by atoms with Gasteiger partial charge in [-0.2, -0.15) is 9.38 Å². The minimum atomic E-state index is -0.337. The minimum absolute atomic E-state index is 0.0565. The molecule has 1 saturated carbocycles. The SMILES string of the molecule is O=[N+]([O-])c1c(NC2CCCN(C3CCCCC3)C2)nc2sccn12. The number of hydrogen-bond donors (Lipinski definition) is 1. The molecule has 1 aliphatic heterocycles. The summed E-state index contributed by atoms with van der Waals surface area (Å²) in [4.78, 5) is 18.8. The van der Waals surface area contributed by atoms with Crippen LogP contribution < -0.4 is 5.32 Å². The molecule has 1 atom stereocenters. The standard InChI is InChI=1S/C16H23N5O2S/c22-21(23)15-14(18-16-20(15)9-10-24-16)17-12-5-4-8-19(11-12)13-6-2-1-3-7-13/h9-10,12-13,17H,1-8,11H2. The van der Waals surface area contributed by atoms with Gasteiger partial charge in [0, 0.05) is 24.0 Å². The average molecular weight is 349 g/mol. The van der Waals surface area contributed by atoms with Gasteiger partial charge in [0.15, 0.2) is 0 Å². The molecule has 2 fully saturated rings. The van der Waals surface area contributed by atoms with Gasteiger partial charge in [0.25, 0.3) is 4.96 Å². The highest BCUT2D eigenvalue weighted by molar-refractivity contribution is 7.15. The van der Waals surface area contributed by atoms with Crippen molar-refractivity contribution in [2.75, 3.05) is 18.4 Å². The fraction of sp³-hybridized carbons (Fsp3) is 0.688. The summed E-state index contributed by atoms with van der Waals surface area (Å²) in [7, 11) is 0. The number of aromatic nitrogens is 2. The summed E-state index contributed by atoms with van der Waals surface area (Å²) in [5.74, 6) is 0.475. The van der Waals surface area contributed by atoms with E-state index in [4.69, 9.17) is 0 Å². The third-order valence-corrected chi connectivity index (χ3v) is 6.05. The molecule has 1 unspecified atom stereocenters. The van der Waals surface area contributed by atoms with Gasteiger partial charge >= 0.3 is 5.82 Å². The Labute approximate surface area is 144 Å². The van der Waals surface area contributed by atoms with Crippen molar-refractivity contribution >= 4 is 27.9 Å². The topological polar surface area (TPSA) is 75.7 Å². The Balaban J connectivity index is 1.49. The van der Waals surface area contributed by atoms with Crippen molar-refractivity contribution in [1.29, 1.82) is 0 Å². The third kappa shape index (κ3) is 3.00. The Bertz CT molecular complexity index is 721. The molecule has 4 rings (SSSR count). The van der Waals surface area contributed by atoms with Gasteiger partial charge in [-0.25, -0.2) is 0 Å². The summed E-state index contributed by atoms with van der Waals surface area (Å²) in [6.07, 6.45) is 10.5. The Morgan fingerprint density at radius 2 is 2.08 bits per heavy atom. The normalized spacial score (nSPS) is 23.6. The van der Waals surface area contributed by atoms with Crippen LogP contribution in [0, 0.1) is 10.1 Å². The first-order chi connectivity index (χ1) is 11.7. The number of imidazole rings is 1. The number of nitrogens with one attached hydrogen (secondary N) is 1. The van der Waals surface area contributed by atoms with Crippen molar-refractivity contribution in [3.63, 3.8) is 0 Å². The Kier molecular flexibility index (Phi) is 4.41. The maximum absolute atomic E-state index is 11.4. The number of rotatable bonds is 4. The highest BCUT2D eigenvalue weighted by Crippen LogP contribution is 2.31. The van der Waals surface area contributed by atoms with Crippen molar-refractivity contribution in [3.8, 4) is 0 Å². The van der Waals surface area contributed by atoms with Crippen LogP contribution in [-0.4, -0.2) is 44.4 Å². The molecule has 24 heavy (non-hydrogen) atoms. The Morgan fingerprint density at radius 3 is 2.88 bits per heavy atom. The van der Waals surface area contributed by atoms with Crippen LogP contribution in [0.1, 0.15) is 44.9 Å². The molecule has 2 aromatic heterocycles. The van der Waals surface area contributed by atoms with Gasteiger partial charge in [0.05, 0.1) is 0 Å². The maximum atomic E-state index is 11.4. The summed E-state index contributed by atoms with van der Waals surface area (Å²) in [6, 6.07) is 0.938. The summed E-state index contributed by atoms with van der Waals surface area (Å²) in [5, 5.41) is 16.6. The van der Waals surface area contributed by atoms with Crippen LogP contribution in [0.3, 0.4) is 0 Å². The Morgan fingerprint density at radius 1 is 1.25 bits per heavy atom. The van der Waals surface area contributed by atoms with E-state index in [1.54, 1.807) is 10.6 Å². The third-order valence-electron chi connectivity index (χ3n) is 5.29. The van der Waals surface area contributed by atoms with Crippen molar-refractivity contribution in [1.82, 2.24) is 14.3 Å². The number of piperidine rings is 1. The van der Waals surface area contributed by atoms with Gasteiger partial charge in [-0.15, -0.1) is 0 Å². The van der Waals surface area contributed by atoms with Crippen molar-refractivity contribution in [2.45, 2.75) is 57.0 Å². The molecule has 2 aliphatic rings. The highest BCUT2D eigenvalue weighted by Gasteiger charge is 2.30. The number of hydrogen-bond acceptors (Lipinski definition) is 6. The lowest BCUT2D eigenvalue weighted by molar-refractivity contribution is -0.389. The number of likely N-dealkylation sites (tertiary alicyclic amines) is 1. The van der Waals surface area contributed by atoms with Crippen molar-refractivity contribution in [2.24, 2.45) is 0 Å². The van der Waals surface area contributed by atoms with Gasteiger partial charge in [0.1, 0.15) is 6.20 Å². The van der Waals surface area contributed by atoms with E-state index in [-0.39, 0.29) is 16.8 Å². The first-order valence-electron chi connectivity index (χ1n) is 8.83. The van der Waals surface area contributed by atoms with Crippen LogP contribution in [0.15, 0.2) is 11.6 Å². The summed E-state index contributed by atoms with van der Waals surface area (Å²) in [5.41, 5.74) is 0. The molecule has 0 amide bonds. The molecule has 1 N–H and O–H groups in total. The molecule has 1 saturated heterocycles. The van der Waals surface area contributed by atoms with E-state index < -0.39 is 0 Å². The molecular weight excluding hydrogens is 326 g/mol. The first kappa shape index (κ1) is 15.8. The van der Waals surface area contributed by atoms with Crippen LogP contribution in [0.4, 0.5) is 11.6 Å². The van der Waals surface area contributed by atoms with E-state index in [1.807, 2.05) is 5.38 Å². The van der Waals surface area contributed by atoms with E-state index in [0.29, 0.717) is 16.8 Å². The fourth-order valence-corrected chi connectivity index (χ4v) is 4.85. The zero-order valence-corrected chi connectivity index (χ0v) is 14.5. The number of thiazole rings is 1. The van der Waals surface area contributed by atoms with Crippen LogP contribution in [-0.2, 0) is 0 Å². The fourth-order valence-electron chi connectivity index (χ4n) is 4.14. The van der Waals surface area contributed by atoms with Gasteiger partial charge in [-0.1, -0.05) is 30.6 Å².